The molecule has 1 aromatic carbocycles. The topological polar surface area (TPSA) is 74.0 Å². The molecule has 0 amide bonds. The Bertz CT molecular complexity index is 862. The summed E-state index contributed by atoms with van der Waals surface area (Å²) >= 11 is 0. The SMILES string of the molecule is OC1CCC(Cc2cc(CN3CCN(c4ccccc4)CC3)on2)OC1CNC1CCCCC1. The van der Waals surface area contributed by atoms with Gasteiger partial charge in [0, 0.05) is 56.9 Å². The monoisotopic (exact) mass is 468 g/mol. The molecule has 3 heterocycles. The Hall–Kier alpha value is -1.93. The average Bonchev–Trinajstić information content (AvgIpc) is 3.32. The number of para-hydroxylation sites is 1. The zero-order chi connectivity index (χ0) is 23.2. The zero-order valence-corrected chi connectivity index (χ0v) is 20.3. The number of rotatable bonds is 8. The van der Waals surface area contributed by atoms with Gasteiger partial charge in [-0.3, -0.25) is 4.90 Å². The maximum Gasteiger partial charge on any atom is 0.150 e. The minimum Gasteiger partial charge on any atom is -0.390 e. The van der Waals surface area contributed by atoms with Crippen molar-refractivity contribution in [1.29, 1.82) is 0 Å². The molecule has 3 atom stereocenters. The number of anilines is 1. The minimum absolute atomic E-state index is 0.0916. The van der Waals surface area contributed by atoms with Gasteiger partial charge in [-0.25, -0.2) is 0 Å². The van der Waals surface area contributed by atoms with Crippen molar-refractivity contribution < 1.29 is 14.4 Å². The predicted octanol–water partition coefficient (Wildman–Crippen LogP) is 3.37. The molecule has 34 heavy (non-hydrogen) atoms. The van der Waals surface area contributed by atoms with Crippen molar-refractivity contribution in [1.82, 2.24) is 15.4 Å². The predicted molar refractivity (Wildman–Crippen MR) is 133 cm³/mol. The van der Waals surface area contributed by atoms with Crippen molar-refractivity contribution in [3.8, 4) is 0 Å². The van der Waals surface area contributed by atoms with Crippen LogP contribution in [0.25, 0.3) is 0 Å². The third-order valence-corrected chi connectivity index (χ3v) is 7.71. The third-order valence-electron chi connectivity index (χ3n) is 7.71. The lowest BCUT2D eigenvalue weighted by Gasteiger charge is -2.35. The second-order valence-corrected chi connectivity index (χ2v) is 10.3. The van der Waals surface area contributed by atoms with Crippen molar-refractivity contribution >= 4 is 5.69 Å². The van der Waals surface area contributed by atoms with Gasteiger partial charge >= 0.3 is 0 Å². The quantitative estimate of drug-likeness (QED) is 0.615. The number of aliphatic hydroxyl groups excluding tert-OH is 1. The molecule has 3 unspecified atom stereocenters. The van der Waals surface area contributed by atoms with E-state index in [1.54, 1.807) is 0 Å². The molecule has 2 saturated heterocycles. The fourth-order valence-corrected chi connectivity index (χ4v) is 5.66. The van der Waals surface area contributed by atoms with Gasteiger partial charge in [-0.2, -0.15) is 0 Å². The molecule has 3 aliphatic rings. The lowest BCUT2D eigenvalue weighted by atomic mass is 9.94. The fraction of sp³-hybridized carbons (Fsp3) is 0.667. The first kappa shape index (κ1) is 23.8. The van der Waals surface area contributed by atoms with Gasteiger partial charge in [0.2, 0.25) is 0 Å². The van der Waals surface area contributed by atoms with Crippen LogP contribution < -0.4 is 10.2 Å². The first-order valence-corrected chi connectivity index (χ1v) is 13.3. The van der Waals surface area contributed by atoms with Crippen LogP contribution in [0, 0.1) is 0 Å². The molecule has 0 radical (unpaired) electrons. The Morgan fingerprint density at radius 3 is 2.56 bits per heavy atom. The Kier molecular flexibility index (Phi) is 8.17. The van der Waals surface area contributed by atoms with Crippen LogP contribution in [-0.4, -0.2) is 72.2 Å². The van der Waals surface area contributed by atoms with Crippen LogP contribution in [0.2, 0.25) is 0 Å². The van der Waals surface area contributed by atoms with Gasteiger partial charge in [-0.15, -0.1) is 0 Å². The van der Waals surface area contributed by atoms with E-state index in [1.165, 1.54) is 37.8 Å². The summed E-state index contributed by atoms with van der Waals surface area (Å²) in [6, 6.07) is 13.3. The van der Waals surface area contributed by atoms with E-state index in [4.69, 9.17) is 9.26 Å². The van der Waals surface area contributed by atoms with Crippen molar-refractivity contribution in [2.45, 2.75) is 82.3 Å². The van der Waals surface area contributed by atoms with E-state index in [-0.39, 0.29) is 18.3 Å². The van der Waals surface area contributed by atoms with Crippen molar-refractivity contribution in [3.63, 3.8) is 0 Å². The normalized spacial score (nSPS) is 27.2. The van der Waals surface area contributed by atoms with E-state index >= 15 is 0 Å². The Labute approximate surface area is 203 Å². The summed E-state index contributed by atoms with van der Waals surface area (Å²) < 4.78 is 12.0. The molecular weight excluding hydrogens is 428 g/mol. The number of hydrogen-bond acceptors (Lipinski definition) is 7. The first-order chi connectivity index (χ1) is 16.7. The summed E-state index contributed by atoms with van der Waals surface area (Å²) in [6.45, 7) is 5.63. The van der Waals surface area contributed by atoms with Gasteiger partial charge in [0.15, 0.2) is 5.76 Å². The second-order valence-electron chi connectivity index (χ2n) is 10.3. The molecule has 5 rings (SSSR count). The van der Waals surface area contributed by atoms with Crippen molar-refractivity contribution in [3.05, 3.63) is 47.9 Å². The maximum atomic E-state index is 10.5. The molecule has 2 N–H and O–H groups in total. The highest BCUT2D eigenvalue weighted by Gasteiger charge is 2.31. The molecule has 186 valence electrons. The maximum absolute atomic E-state index is 10.5. The summed E-state index contributed by atoms with van der Waals surface area (Å²) in [5.41, 5.74) is 2.26. The van der Waals surface area contributed by atoms with Gasteiger partial charge in [-0.05, 0) is 37.8 Å². The molecule has 1 aromatic heterocycles. The zero-order valence-electron chi connectivity index (χ0n) is 20.3. The molecule has 3 fully saturated rings. The lowest BCUT2D eigenvalue weighted by Crippen LogP contribution is -2.47. The van der Waals surface area contributed by atoms with Crippen molar-refractivity contribution in [2.75, 3.05) is 37.6 Å². The van der Waals surface area contributed by atoms with E-state index in [2.05, 4.69) is 56.7 Å². The van der Waals surface area contributed by atoms with Crippen LogP contribution in [0.4, 0.5) is 5.69 Å². The van der Waals surface area contributed by atoms with Gasteiger partial charge in [0.05, 0.1) is 30.6 Å². The van der Waals surface area contributed by atoms with Crippen LogP contribution in [0.1, 0.15) is 56.4 Å². The second kappa shape index (κ2) is 11.7. The van der Waals surface area contributed by atoms with E-state index in [9.17, 15) is 5.11 Å². The molecule has 0 bridgehead atoms. The van der Waals surface area contributed by atoms with E-state index in [0.29, 0.717) is 6.04 Å². The summed E-state index contributed by atoms with van der Waals surface area (Å²) in [6.07, 6.45) is 8.45. The summed E-state index contributed by atoms with van der Waals surface area (Å²) in [5, 5.41) is 18.4. The molecular formula is C27H40N4O3. The molecule has 2 aromatic rings. The Morgan fingerprint density at radius 1 is 0.971 bits per heavy atom. The minimum atomic E-state index is -0.380. The Morgan fingerprint density at radius 2 is 1.76 bits per heavy atom. The number of benzene rings is 1. The first-order valence-electron chi connectivity index (χ1n) is 13.3. The average molecular weight is 469 g/mol. The number of ether oxygens (including phenoxy) is 1. The summed E-state index contributed by atoms with van der Waals surface area (Å²) in [5.74, 6) is 0.925. The van der Waals surface area contributed by atoms with Crippen molar-refractivity contribution in [2.24, 2.45) is 0 Å². The molecule has 7 heteroatoms. The van der Waals surface area contributed by atoms with Gasteiger partial charge in [-0.1, -0.05) is 42.6 Å². The number of hydrogen-bond donors (Lipinski definition) is 2. The van der Waals surface area contributed by atoms with Crippen LogP contribution >= 0.6 is 0 Å². The summed E-state index contributed by atoms with van der Waals surface area (Å²) in [4.78, 5) is 4.88. The van der Waals surface area contributed by atoms with Crippen LogP contribution in [0.15, 0.2) is 40.9 Å². The largest absolute Gasteiger partial charge is 0.390 e. The van der Waals surface area contributed by atoms with Crippen LogP contribution in [0.3, 0.4) is 0 Å². The third kappa shape index (κ3) is 6.39. The highest BCUT2D eigenvalue weighted by Crippen LogP contribution is 2.24. The van der Waals surface area contributed by atoms with E-state index in [1.807, 2.05) is 0 Å². The number of nitrogens with zero attached hydrogens (tertiary/aromatic N) is 3. The number of aromatic nitrogens is 1. The fourth-order valence-electron chi connectivity index (χ4n) is 5.66. The van der Waals surface area contributed by atoms with E-state index in [0.717, 1.165) is 70.0 Å². The number of nitrogens with one attached hydrogen (secondary N) is 1. The van der Waals surface area contributed by atoms with Gasteiger partial charge in [0.25, 0.3) is 0 Å². The molecule has 7 nitrogen and oxygen atoms in total. The van der Waals surface area contributed by atoms with Gasteiger partial charge in [0.1, 0.15) is 0 Å². The van der Waals surface area contributed by atoms with Crippen LogP contribution in [-0.2, 0) is 17.7 Å². The smallest absolute Gasteiger partial charge is 0.150 e. The molecule has 1 aliphatic carbocycles. The molecule has 0 spiro atoms. The van der Waals surface area contributed by atoms with Gasteiger partial charge < -0.3 is 24.6 Å². The van der Waals surface area contributed by atoms with Crippen LogP contribution in [0.5, 0.6) is 0 Å². The van der Waals surface area contributed by atoms with E-state index < -0.39 is 0 Å². The number of piperazine rings is 1. The number of aliphatic hydroxyl groups is 1. The molecule has 1 saturated carbocycles. The molecule has 2 aliphatic heterocycles. The highest BCUT2D eigenvalue weighted by molar-refractivity contribution is 5.46. The highest BCUT2D eigenvalue weighted by atomic mass is 16.5. The standard InChI is InChI=1S/C27H40N4O3/c32-26-12-11-24(33-27(26)19-28-21-7-3-1-4-8-21)17-22-18-25(34-29-22)20-30-13-15-31(16-14-30)23-9-5-2-6-10-23/h2,5-6,9-10,18,21,24,26-28,32H,1,3-4,7-8,11-17,19-20H2. The summed E-state index contributed by atoms with van der Waals surface area (Å²) in [7, 11) is 0. The Balaban J connectivity index is 1.06. The lowest BCUT2D eigenvalue weighted by molar-refractivity contribution is -0.115.